The largest absolute Gasteiger partial charge is 0.461 e. The molecule has 1 aromatic rings. The summed E-state index contributed by atoms with van der Waals surface area (Å²) in [5, 5.41) is 0. The van der Waals surface area contributed by atoms with Crippen LogP contribution in [0.25, 0.3) is 0 Å². The first kappa shape index (κ1) is 17.1. The van der Waals surface area contributed by atoms with Crippen LogP contribution in [-0.4, -0.2) is 12.1 Å². The van der Waals surface area contributed by atoms with Crippen molar-refractivity contribution in [2.45, 2.75) is 39.5 Å². The second-order valence-corrected chi connectivity index (χ2v) is 3.98. The van der Waals surface area contributed by atoms with Crippen molar-refractivity contribution in [1.82, 2.24) is 0 Å². The lowest BCUT2D eigenvalue weighted by Crippen LogP contribution is -1.85. The van der Waals surface area contributed by atoms with E-state index in [1.165, 1.54) is 38.5 Å². The van der Waals surface area contributed by atoms with Gasteiger partial charge in [-0.3, -0.25) is 9.59 Å². The molecule has 0 aliphatic rings. The Hall–Kier alpha value is -1.90. The van der Waals surface area contributed by atoms with Crippen LogP contribution in [0.1, 0.15) is 50.1 Å². The maximum Gasteiger partial charge on any atom is 0.194 e. The molecule has 104 valence electrons. The average molecular weight is 262 g/mol. The third-order valence-electron chi connectivity index (χ3n) is 2.28. The van der Waals surface area contributed by atoms with Crippen molar-refractivity contribution >= 4 is 12.1 Å². The van der Waals surface area contributed by atoms with Crippen LogP contribution in [-0.2, 0) is 4.79 Å². The minimum absolute atomic E-state index is 0.0324. The van der Waals surface area contributed by atoms with Gasteiger partial charge in [-0.1, -0.05) is 38.0 Å². The van der Waals surface area contributed by atoms with Gasteiger partial charge in [0.05, 0.1) is 6.26 Å². The molecule has 0 aromatic carbocycles. The molecule has 0 aliphatic carbocycles. The maximum absolute atomic E-state index is 10.4. The minimum Gasteiger partial charge on any atom is -0.461 e. The normalized spacial score (nSPS) is 10.4. The van der Waals surface area contributed by atoms with Gasteiger partial charge in [0.1, 0.15) is 6.29 Å². The number of carbonyl (C=O) groups excluding carboxylic acids is 2. The van der Waals surface area contributed by atoms with E-state index < -0.39 is 0 Å². The molecule has 1 aromatic heterocycles. The van der Waals surface area contributed by atoms with Gasteiger partial charge >= 0.3 is 0 Å². The summed E-state index contributed by atoms with van der Waals surface area (Å²) in [6, 6.07) is 3.33. The Bertz CT molecular complexity index is 386. The van der Waals surface area contributed by atoms with Gasteiger partial charge in [0.15, 0.2) is 11.5 Å². The summed E-state index contributed by atoms with van der Waals surface area (Å²) in [6.45, 7) is 3.66. The van der Waals surface area contributed by atoms with E-state index in [4.69, 9.17) is 4.42 Å². The van der Waals surface area contributed by atoms with Crippen LogP contribution in [0, 0.1) is 0 Å². The molecule has 0 bridgehead atoms. The van der Waals surface area contributed by atoms with Crippen LogP contribution in [0.3, 0.4) is 0 Å². The topological polar surface area (TPSA) is 47.3 Å². The zero-order valence-electron chi connectivity index (χ0n) is 11.7. The number of rotatable bonds is 7. The van der Waals surface area contributed by atoms with Crippen molar-refractivity contribution in [3.8, 4) is 0 Å². The second-order valence-electron chi connectivity index (χ2n) is 3.98. The summed E-state index contributed by atoms with van der Waals surface area (Å²) in [7, 11) is 0. The third-order valence-corrected chi connectivity index (χ3v) is 2.28. The van der Waals surface area contributed by atoms with Crippen LogP contribution >= 0.6 is 0 Å². The average Bonchev–Trinajstić information content (AvgIpc) is 2.93. The summed E-state index contributed by atoms with van der Waals surface area (Å²) in [6.07, 6.45) is 14.5. The zero-order valence-corrected chi connectivity index (χ0v) is 11.7. The fourth-order valence-electron chi connectivity index (χ4n) is 1.28. The van der Waals surface area contributed by atoms with Gasteiger partial charge in [-0.2, -0.15) is 0 Å². The standard InChI is InChI=1S/C10H16O.C6H6O2/c1-2-3-4-5-6-7-8-9-10-11;1-5(7)6-3-2-4-8-6/h6-10H,2-5H2,1H3;2-4H,1H3. The number of aldehydes is 1. The molecule has 19 heavy (non-hydrogen) atoms. The molecule has 0 spiro atoms. The zero-order chi connectivity index (χ0) is 14.3. The molecule has 0 fully saturated rings. The first-order valence-corrected chi connectivity index (χ1v) is 6.53. The molecule has 0 aliphatic heterocycles. The predicted molar refractivity (Wildman–Crippen MR) is 77.2 cm³/mol. The Morgan fingerprint density at radius 3 is 2.53 bits per heavy atom. The Labute approximate surface area is 115 Å². The predicted octanol–water partition coefficient (Wildman–Crippen LogP) is 4.36. The SMILES string of the molecule is CC(=O)c1ccco1.CCCCCC=CC=CC=O. The molecule has 1 rings (SSSR count). The summed E-state index contributed by atoms with van der Waals surface area (Å²) in [4.78, 5) is 20.2. The summed E-state index contributed by atoms with van der Waals surface area (Å²) in [5.74, 6) is 0.389. The van der Waals surface area contributed by atoms with E-state index in [1.54, 1.807) is 18.2 Å². The van der Waals surface area contributed by atoms with Gasteiger partial charge < -0.3 is 4.42 Å². The van der Waals surface area contributed by atoms with E-state index in [0.29, 0.717) is 5.76 Å². The molecular formula is C16H22O3. The Balaban J connectivity index is 0.000000356. The van der Waals surface area contributed by atoms with Crippen molar-refractivity contribution < 1.29 is 14.0 Å². The van der Waals surface area contributed by atoms with E-state index in [9.17, 15) is 9.59 Å². The van der Waals surface area contributed by atoms with Crippen LogP contribution in [0.2, 0.25) is 0 Å². The van der Waals surface area contributed by atoms with Crippen molar-refractivity contribution in [2.24, 2.45) is 0 Å². The van der Waals surface area contributed by atoms with Crippen LogP contribution in [0.15, 0.2) is 47.1 Å². The molecule has 1 heterocycles. The highest BCUT2D eigenvalue weighted by molar-refractivity contribution is 5.91. The van der Waals surface area contributed by atoms with E-state index in [2.05, 4.69) is 13.0 Å². The number of carbonyl (C=O) groups is 2. The van der Waals surface area contributed by atoms with E-state index in [-0.39, 0.29) is 5.78 Å². The van der Waals surface area contributed by atoms with Crippen LogP contribution in [0.5, 0.6) is 0 Å². The summed E-state index contributed by atoms with van der Waals surface area (Å²) >= 11 is 0. The van der Waals surface area contributed by atoms with Crippen molar-refractivity contribution in [3.05, 3.63) is 48.5 Å². The molecule has 3 heteroatoms. The van der Waals surface area contributed by atoms with E-state index >= 15 is 0 Å². The van der Waals surface area contributed by atoms with Crippen LogP contribution in [0.4, 0.5) is 0 Å². The maximum atomic E-state index is 10.4. The highest BCUT2D eigenvalue weighted by atomic mass is 16.3. The second kappa shape index (κ2) is 12.6. The minimum atomic E-state index is -0.0324. The molecule has 0 radical (unpaired) electrons. The third kappa shape index (κ3) is 10.9. The molecule has 0 saturated heterocycles. The lowest BCUT2D eigenvalue weighted by atomic mass is 10.2. The summed E-state index contributed by atoms with van der Waals surface area (Å²) in [5.41, 5.74) is 0. The highest BCUT2D eigenvalue weighted by Crippen LogP contribution is 1.99. The van der Waals surface area contributed by atoms with Gasteiger partial charge in [-0.05, 0) is 31.1 Å². The monoisotopic (exact) mass is 262 g/mol. The fraction of sp³-hybridized carbons (Fsp3) is 0.375. The summed E-state index contributed by atoms with van der Waals surface area (Å²) < 4.78 is 4.75. The molecule has 0 saturated carbocycles. The highest BCUT2D eigenvalue weighted by Gasteiger charge is 1.97. The molecular weight excluding hydrogens is 240 g/mol. The van der Waals surface area contributed by atoms with Gasteiger partial charge in [0.25, 0.3) is 0 Å². The Kier molecular flexibility index (Phi) is 11.3. The van der Waals surface area contributed by atoms with Gasteiger partial charge in [-0.25, -0.2) is 0 Å². The number of hydrogen-bond acceptors (Lipinski definition) is 3. The van der Waals surface area contributed by atoms with Crippen molar-refractivity contribution in [3.63, 3.8) is 0 Å². The van der Waals surface area contributed by atoms with E-state index in [0.717, 1.165) is 12.7 Å². The number of unbranched alkanes of at least 4 members (excludes halogenated alkanes) is 3. The van der Waals surface area contributed by atoms with Gasteiger partial charge in [0, 0.05) is 6.92 Å². The van der Waals surface area contributed by atoms with Crippen molar-refractivity contribution in [2.75, 3.05) is 0 Å². The smallest absolute Gasteiger partial charge is 0.194 e. The number of allylic oxidation sites excluding steroid dienone is 4. The molecule has 0 atom stereocenters. The molecule has 3 nitrogen and oxygen atoms in total. The quantitative estimate of drug-likeness (QED) is 0.241. The Morgan fingerprint density at radius 2 is 2.05 bits per heavy atom. The lowest BCUT2D eigenvalue weighted by molar-refractivity contribution is -0.104. The first-order valence-electron chi connectivity index (χ1n) is 6.53. The lowest BCUT2D eigenvalue weighted by Gasteiger charge is -1.89. The molecule has 0 amide bonds. The number of Topliss-reactive ketones (excluding diaryl/α,β-unsaturated/α-hetero) is 1. The first-order chi connectivity index (χ1) is 9.22. The number of ketones is 1. The van der Waals surface area contributed by atoms with E-state index in [1.807, 2.05) is 6.08 Å². The fourth-order valence-corrected chi connectivity index (χ4v) is 1.28. The number of hydrogen-bond donors (Lipinski definition) is 0. The van der Waals surface area contributed by atoms with Crippen molar-refractivity contribution in [1.29, 1.82) is 0 Å². The van der Waals surface area contributed by atoms with Gasteiger partial charge in [0.2, 0.25) is 0 Å². The molecule has 0 unspecified atom stereocenters. The number of furan rings is 1. The molecule has 0 N–H and O–H groups in total. The van der Waals surface area contributed by atoms with Crippen LogP contribution < -0.4 is 0 Å². The van der Waals surface area contributed by atoms with Gasteiger partial charge in [-0.15, -0.1) is 0 Å². The Morgan fingerprint density at radius 1 is 1.26 bits per heavy atom.